The monoisotopic (exact) mass is 412 g/mol. The van der Waals surface area contributed by atoms with Crippen LogP contribution in [0, 0.1) is 54.3 Å². The van der Waals surface area contributed by atoms with Gasteiger partial charge in [0.25, 0.3) is 0 Å². The fourth-order valence-electron chi connectivity index (χ4n) is 8.86. The van der Waals surface area contributed by atoms with Crippen LogP contribution in [0.15, 0.2) is 6.07 Å². The summed E-state index contributed by atoms with van der Waals surface area (Å²) in [7, 11) is 0. The smallest absolute Gasteiger partial charge is 0.157 e. The first-order valence-electron chi connectivity index (χ1n) is 12.4. The van der Waals surface area contributed by atoms with Crippen molar-refractivity contribution in [3.63, 3.8) is 0 Å². The number of ketones is 1. The maximum absolute atomic E-state index is 13.4. The summed E-state index contributed by atoms with van der Waals surface area (Å²) in [5, 5.41) is 14.8. The van der Waals surface area contributed by atoms with Crippen LogP contribution in [0.5, 0.6) is 0 Å². The molecule has 4 saturated carbocycles. The van der Waals surface area contributed by atoms with Crippen LogP contribution in [-0.2, 0) is 11.3 Å². The Balaban J connectivity index is 1.35. The second-order valence-corrected chi connectivity index (χ2v) is 11.8. The third kappa shape index (κ3) is 3.04. The van der Waals surface area contributed by atoms with Gasteiger partial charge in [-0.1, -0.05) is 13.8 Å². The van der Waals surface area contributed by atoms with Gasteiger partial charge in [0.2, 0.25) is 0 Å². The molecule has 0 unspecified atom stereocenters. The van der Waals surface area contributed by atoms with E-state index in [9.17, 15) is 9.90 Å². The van der Waals surface area contributed by atoms with E-state index in [1.165, 1.54) is 38.5 Å². The summed E-state index contributed by atoms with van der Waals surface area (Å²) in [6.45, 7) is 9.49. The van der Waals surface area contributed by atoms with Crippen molar-refractivity contribution in [2.75, 3.05) is 0 Å². The molecule has 5 rings (SSSR count). The molecule has 0 aliphatic heterocycles. The van der Waals surface area contributed by atoms with Crippen molar-refractivity contribution >= 4 is 5.78 Å². The summed E-state index contributed by atoms with van der Waals surface area (Å²) in [5.41, 5.74) is 2.68. The lowest BCUT2D eigenvalue weighted by Crippen LogP contribution is -2.54. The number of nitrogens with zero attached hydrogens (tertiary/aromatic N) is 2. The molecular weight excluding hydrogens is 372 g/mol. The molecular formula is C26H40N2O2. The Morgan fingerprint density at radius 2 is 1.80 bits per heavy atom. The zero-order valence-electron chi connectivity index (χ0n) is 19.4. The fraction of sp³-hybridized carbons (Fsp3) is 0.846. The van der Waals surface area contributed by atoms with Crippen molar-refractivity contribution in [3.8, 4) is 0 Å². The number of rotatable bonds is 3. The molecule has 0 radical (unpaired) electrons. The topological polar surface area (TPSA) is 55.1 Å². The molecule has 4 aliphatic rings. The summed E-state index contributed by atoms with van der Waals surface area (Å²) >= 11 is 0. The van der Waals surface area contributed by atoms with Crippen LogP contribution < -0.4 is 0 Å². The number of hydrogen-bond acceptors (Lipinski definition) is 3. The van der Waals surface area contributed by atoms with Crippen LogP contribution >= 0.6 is 0 Å². The van der Waals surface area contributed by atoms with E-state index in [0.717, 1.165) is 42.5 Å². The van der Waals surface area contributed by atoms with Gasteiger partial charge in [-0.25, -0.2) is 0 Å². The minimum absolute atomic E-state index is 0.0728. The molecule has 1 N–H and O–H groups in total. The Morgan fingerprint density at radius 3 is 2.53 bits per heavy atom. The van der Waals surface area contributed by atoms with E-state index in [-0.39, 0.29) is 17.4 Å². The fourth-order valence-corrected chi connectivity index (χ4v) is 8.86. The van der Waals surface area contributed by atoms with Crippen LogP contribution in [-0.4, -0.2) is 26.8 Å². The summed E-state index contributed by atoms with van der Waals surface area (Å²) in [6, 6.07) is 2.07. The van der Waals surface area contributed by atoms with Gasteiger partial charge < -0.3 is 5.11 Å². The van der Waals surface area contributed by atoms with Crippen LogP contribution in [0.1, 0.15) is 83.0 Å². The number of Topliss-reactive ketones (excluding diaryl/α,β-unsaturated/α-hetero) is 1. The maximum atomic E-state index is 13.4. The number of aliphatic hydroxyl groups is 1. The van der Waals surface area contributed by atoms with Crippen LogP contribution in [0.3, 0.4) is 0 Å². The standard InChI is InChI=1S/C26H40N2O2/c1-16-13-17(2)28(27-16)15-24(30)23-8-7-21-20-6-5-18-14-19(29)9-11-25(18,3)22(20)10-12-26(21,23)4/h13,18-23,29H,5-12,14-15H2,1-4H3/t18-,19-,20+,21+,22+,23-,25+,26+/m1/s1. The zero-order valence-corrected chi connectivity index (χ0v) is 19.4. The average Bonchev–Trinajstić information content (AvgIpc) is 3.20. The molecule has 0 saturated heterocycles. The predicted octanol–water partition coefficient (Wildman–Crippen LogP) is 5.09. The SMILES string of the molecule is Cc1cc(C)n(CC(=O)[C@H]2CC[C@H]3[C@@H]4CC[C@@H]5C[C@H](O)CC[C@]5(C)[C@H]4CC[C@]23C)n1. The Labute approximate surface area is 181 Å². The lowest BCUT2D eigenvalue weighted by atomic mass is 9.44. The van der Waals surface area contributed by atoms with Crippen molar-refractivity contribution < 1.29 is 9.90 Å². The molecule has 4 heteroatoms. The number of aryl methyl sites for hydroxylation is 2. The molecule has 4 aliphatic carbocycles. The Morgan fingerprint density at radius 1 is 1.07 bits per heavy atom. The number of hydrogen-bond donors (Lipinski definition) is 1. The number of aromatic nitrogens is 2. The minimum Gasteiger partial charge on any atom is -0.393 e. The Hall–Kier alpha value is -1.16. The highest BCUT2D eigenvalue weighted by molar-refractivity contribution is 5.82. The van der Waals surface area contributed by atoms with E-state index in [1.807, 2.05) is 11.6 Å². The van der Waals surface area contributed by atoms with Gasteiger partial charge in [-0.15, -0.1) is 0 Å². The molecule has 0 bridgehead atoms. The van der Waals surface area contributed by atoms with Crippen LogP contribution in [0.2, 0.25) is 0 Å². The highest BCUT2D eigenvalue weighted by atomic mass is 16.3. The van der Waals surface area contributed by atoms with E-state index in [0.29, 0.717) is 29.6 Å². The molecule has 4 nitrogen and oxygen atoms in total. The third-order valence-corrected chi connectivity index (χ3v) is 10.4. The normalized spacial score (nSPS) is 45.5. The number of carbonyl (C=O) groups excluding carboxylic acids is 1. The highest BCUT2D eigenvalue weighted by Gasteiger charge is 2.61. The average molecular weight is 413 g/mol. The lowest BCUT2D eigenvalue weighted by molar-refractivity contribution is -0.140. The van der Waals surface area contributed by atoms with Crippen LogP contribution in [0.4, 0.5) is 0 Å². The summed E-state index contributed by atoms with van der Waals surface area (Å²) in [6.07, 6.45) is 10.5. The molecule has 1 heterocycles. The van der Waals surface area contributed by atoms with Gasteiger partial charge >= 0.3 is 0 Å². The molecule has 8 atom stereocenters. The van der Waals surface area contributed by atoms with Crippen molar-refractivity contribution in [3.05, 3.63) is 17.5 Å². The van der Waals surface area contributed by atoms with Gasteiger partial charge in [0.1, 0.15) is 6.54 Å². The van der Waals surface area contributed by atoms with Crippen molar-refractivity contribution in [2.24, 2.45) is 40.4 Å². The van der Waals surface area contributed by atoms with Crippen molar-refractivity contribution in [1.29, 1.82) is 0 Å². The van der Waals surface area contributed by atoms with E-state index in [2.05, 4.69) is 31.9 Å². The minimum atomic E-state index is -0.0728. The Kier molecular flexibility index (Phi) is 4.96. The highest BCUT2D eigenvalue weighted by Crippen LogP contribution is 2.67. The van der Waals surface area contributed by atoms with Crippen molar-refractivity contribution in [2.45, 2.75) is 98.1 Å². The maximum Gasteiger partial charge on any atom is 0.157 e. The van der Waals surface area contributed by atoms with Crippen LogP contribution in [0.25, 0.3) is 0 Å². The number of fused-ring (bicyclic) bond motifs is 5. The van der Waals surface area contributed by atoms with E-state index < -0.39 is 0 Å². The molecule has 0 spiro atoms. The molecule has 0 aromatic carbocycles. The molecule has 1 aromatic heterocycles. The molecule has 0 amide bonds. The van der Waals surface area contributed by atoms with Gasteiger partial charge in [0.05, 0.1) is 11.8 Å². The second-order valence-electron chi connectivity index (χ2n) is 11.8. The van der Waals surface area contributed by atoms with E-state index >= 15 is 0 Å². The summed E-state index contributed by atoms with van der Waals surface area (Å²) < 4.78 is 1.92. The predicted molar refractivity (Wildman–Crippen MR) is 118 cm³/mol. The largest absolute Gasteiger partial charge is 0.393 e. The van der Waals surface area contributed by atoms with Gasteiger partial charge in [-0.05, 0) is 112 Å². The molecule has 4 fully saturated rings. The number of carbonyl (C=O) groups is 1. The van der Waals surface area contributed by atoms with Crippen molar-refractivity contribution in [1.82, 2.24) is 9.78 Å². The van der Waals surface area contributed by atoms with E-state index in [1.54, 1.807) is 0 Å². The summed E-state index contributed by atoms with van der Waals surface area (Å²) in [4.78, 5) is 13.4. The molecule has 166 valence electrons. The first kappa shape index (κ1) is 20.7. The second kappa shape index (κ2) is 7.18. The van der Waals surface area contributed by atoms with Gasteiger partial charge in [0, 0.05) is 11.6 Å². The molecule has 1 aromatic rings. The first-order chi connectivity index (χ1) is 14.2. The van der Waals surface area contributed by atoms with E-state index in [4.69, 9.17) is 0 Å². The first-order valence-corrected chi connectivity index (χ1v) is 12.4. The summed E-state index contributed by atoms with van der Waals surface area (Å²) in [5.74, 6) is 3.60. The molecule has 30 heavy (non-hydrogen) atoms. The lowest BCUT2D eigenvalue weighted by Gasteiger charge is -2.60. The third-order valence-electron chi connectivity index (χ3n) is 10.4. The van der Waals surface area contributed by atoms with Gasteiger partial charge in [-0.3, -0.25) is 9.48 Å². The Bertz CT molecular complexity index is 831. The van der Waals surface area contributed by atoms with Gasteiger partial charge in [0.15, 0.2) is 5.78 Å². The quantitative estimate of drug-likeness (QED) is 0.752. The van der Waals surface area contributed by atoms with Gasteiger partial charge in [-0.2, -0.15) is 5.10 Å². The zero-order chi connectivity index (χ0) is 21.3. The number of aliphatic hydroxyl groups excluding tert-OH is 1.